The maximum Gasteiger partial charge on any atom is 0.251 e. The van der Waals surface area contributed by atoms with Gasteiger partial charge in [-0.25, -0.2) is 0 Å². The van der Waals surface area contributed by atoms with Gasteiger partial charge in [-0.05, 0) is 30.3 Å². The molecule has 0 saturated carbocycles. The molecule has 2 atom stereocenters. The second-order valence-corrected chi connectivity index (χ2v) is 5.64. The number of hydrogen-bond donors (Lipinski definition) is 3. The number of aliphatic hydroxyl groups excluding tert-OH is 1. The average Bonchev–Trinajstić information content (AvgIpc) is 2.99. The molecule has 0 radical (unpaired) electrons. The first-order valence-corrected chi connectivity index (χ1v) is 7.72. The lowest BCUT2D eigenvalue weighted by molar-refractivity contribution is 0.0926. The van der Waals surface area contributed by atoms with E-state index in [0.717, 1.165) is 12.3 Å². The molecule has 2 aromatic carbocycles. The second-order valence-electron chi connectivity index (χ2n) is 5.64. The minimum Gasteiger partial charge on any atom is -0.457 e. The Morgan fingerprint density at radius 2 is 1.88 bits per heavy atom. The molecule has 1 aliphatic heterocycles. The molecule has 0 aromatic heterocycles. The zero-order valence-electron chi connectivity index (χ0n) is 13.1. The summed E-state index contributed by atoms with van der Waals surface area (Å²) in [6.45, 7) is 1.76. The minimum atomic E-state index is -0.400. The molecule has 1 aliphatic rings. The van der Waals surface area contributed by atoms with Gasteiger partial charge in [-0.3, -0.25) is 4.79 Å². The highest BCUT2D eigenvalue weighted by atomic mass is 35.5. The van der Waals surface area contributed by atoms with Crippen molar-refractivity contribution in [2.45, 2.75) is 6.10 Å². The van der Waals surface area contributed by atoms with E-state index in [0.29, 0.717) is 24.4 Å². The second kappa shape index (κ2) is 8.68. The molecular weight excluding hydrogens is 328 g/mol. The topological polar surface area (TPSA) is 70.6 Å². The van der Waals surface area contributed by atoms with Crippen LogP contribution in [-0.4, -0.2) is 36.8 Å². The monoisotopic (exact) mass is 348 g/mol. The third kappa shape index (κ3) is 4.71. The summed E-state index contributed by atoms with van der Waals surface area (Å²) in [7, 11) is 0. The van der Waals surface area contributed by atoms with Gasteiger partial charge in [-0.2, -0.15) is 0 Å². The molecule has 1 amide bonds. The van der Waals surface area contributed by atoms with Crippen molar-refractivity contribution >= 4 is 18.3 Å². The fourth-order valence-corrected chi connectivity index (χ4v) is 2.58. The number of benzene rings is 2. The number of amides is 1. The number of ether oxygens (including phenoxy) is 1. The predicted octanol–water partition coefficient (Wildman–Crippen LogP) is 2.21. The Labute approximate surface area is 147 Å². The highest BCUT2D eigenvalue weighted by molar-refractivity contribution is 5.94. The number of nitrogens with one attached hydrogen (secondary N) is 2. The Kier molecular flexibility index (Phi) is 6.61. The van der Waals surface area contributed by atoms with Gasteiger partial charge in [-0.1, -0.05) is 24.3 Å². The van der Waals surface area contributed by atoms with Crippen molar-refractivity contribution in [3.05, 3.63) is 60.2 Å². The van der Waals surface area contributed by atoms with Gasteiger partial charge in [0.15, 0.2) is 0 Å². The zero-order valence-corrected chi connectivity index (χ0v) is 14.0. The minimum absolute atomic E-state index is 0. The van der Waals surface area contributed by atoms with Crippen LogP contribution in [0.3, 0.4) is 0 Å². The van der Waals surface area contributed by atoms with Crippen molar-refractivity contribution < 1.29 is 14.6 Å². The zero-order chi connectivity index (χ0) is 16.1. The van der Waals surface area contributed by atoms with Crippen LogP contribution in [0.25, 0.3) is 0 Å². The number of aliphatic hydroxyl groups is 1. The van der Waals surface area contributed by atoms with Crippen LogP contribution in [0.5, 0.6) is 11.5 Å². The van der Waals surface area contributed by atoms with E-state index in [1.54, 1.807) is 18.2 Å². The Morgan fingerprint density at radius 1 is 1.12 bits per heavy atom. The molecule has 1 fully saturated rings. The number of rotatable bonds is 5. The summed E-state index contributed by atoms with van der Waals surface area (Å²) in [5.41, 5.74) is 0.541. The van der Waals surface area contributed by atoms with E-state index in [-0.39, 0.29) is 24.2 Å². The largest absolute Gasteiger partial charge is 0.457 e. The van der Waals surface area contributed by atoms with Crippen molar-refractivity contribution in [1.29, 1.82) is 0 Å². The third-order valence-corrected chi connectivity index (χ3v) is 3.90. The first kappa shape index (κ1) is 18.3. The standard InChI is InChI=1S/C18H20N2O3.ClH/c21-17-12-19-10-14(17)11-20-18(22)13-5-4-8-16(9-13)23-15-6-2-1-3-7-15;/h1-9,14,17,19,21H,10-12H2,(H,20,22);1H. The van der Waals surface area contributed by atoms with Crippen LogP contribution in [0, 0.1) is 5.92 Å². The van der Waals surface area contributed by atoms with E-state index < -0.39 is 6.10 Å². The molecule has 1 heterocycles. The first-order chi connectivity index (χ1) is 11.2. The van der Waals surface area contributed by atoms with E-state index in [2.05, 4.69) is 10.6 Å². The van der Waals surface area contributed by atoms with Crippen molar-refractivity contribution in [3.8, 4) is 11.5 Å². The number of carbonyl (C=O) groups is 1. The quantitative estimate of drug-likeness (QED) is 0.774. The van der Waals surface area contributed by atoms with Crippen LogP contribution in [0.2, 0.25) is 0 Å². The average molecular weight is 349 g/mol. The summed E-state index contributed by atoms with van der Waals surface area (Å²) >= 11 is 0. The molecule has 2 aromatic rings. The molecule has 24 heavy (non-hydrogen) atoms. The number of para-hydroxylation sites is 1. The summed E-state index contributed by atoms with van der Waals surface area (Å²) in [5.74, 6) is 1.24. The molecule has 0 spiro atoms. The van der Waals surface area contributed by atoms with Crippen molar-refractivity contribution in [3.63, 3.8) is 0 Å². The Bertz CT molecular complexity index is 666. The van der Waals surface area contributed by atoms with Gasteiger partial charge < -0.3 is 20.5 Å². The van der Waals surface area contributed by atoms with Crippen LogP contribution in [0.4, 0.5) is 0 Å². The summed E-state index contributed by atoms with van der Waals surface area (Å²) in [6.07, 6.45) is -0.400. The lowest BCUT2D eigenvalue weighted by atomic mass is 10.1. The van der Waals surface area contributed by atoms with Gasteiger partial charge in [0.25, 0.3) is 5.91 Å². The van der Waals surface area contributed by atoms with E-state index >= 15 is 0 Å². The lowest BCUT2D eigenvalue weighted by Crippen LogP contribution is -2.34. The summed E-state index contributed by atoms with van der Waals surface area (Å²) in [4.78, 5) is 12.2. The highest BCUT2D eigenvalue weighted by Gasteiger charge is 2.25. The van der Waals surface area contributed by atoms with Gasteiger partial charge in [-0.15, -0.1) is 12.4 Å². The number of hydrogen-bond acceptors (Lipinski definition) is 4. The fourth-order valence-electron chi connectivity index (χ4n) is 2.58. The summed E-state index contributed by atoms with van der Waals surface area (Å²) in [5, 5.41) is 15.7. The maximum absolute atomic E-state index is 12.2. The molecule has 0 aliphatic carbocycles. The SMILES string of the molecule is Cl.O=C(NCC1CNCC1O)c1cccc(Oc2ccccc2)c1. The van der Waals surface area contributed by atoms with Crippen LogP contribution >= 0.6 is 12.4 Å². The number of halogens is 1. The van der Waals surface area contributed by atoms with E-state index in [1.807, 2.05) is 36.4 Å². The van der Waals surface area contributed by atoms with Crippen molar-refractivity contribution in [2.75, 3.05) is 19.6 Å². The molecule has 1 saturated heterocycles. The van der Waals surface area contributed by atoms with E-state index in [9.17, 15) is 9.90 Å². The van der Waals surface area contributed by atoms with E-state index in [1.165, 1.54) is 0 Å². The summed E-state index contributed by atoms with van der Waals surface area (Å²) < 4.78 is 5.73. The Morgan fingerprint density at radius 3 is 2.58 bits per heavy atom. The molecule has 2 unspecified atom stereocenters. The maximum atomic E-state index is 12.2. The lowest BCUT2D eigenvalue weighted by Gasteiger charge is -2.14. The van der Waals surface area contributed by atoms with Crippen LogP contribution in [-0.2, 0) is 0 Å². The van der Waals surface area contributed by atoms with Crippen molar-refractivity contribution in [2.24, 2.45) is 5.92 Å². The van der Waals surface area contributed by atoms with Crippen LogP contribution < -0.4 is 15.4 Å². The highest BCUT2D eigenvalue weighted by Crippen LogP contribution is 2.21. The van der Waals surface area contributed by atoms with Gasteiger partial charge in [0.2, 0.25) is 0 Å². The predicted molar refractivity (Wildman–Crippen MR) is 94.9 cm³/mol. The third-order valence-electron chi connectivity index (χ3n) is 3.90. The van der Waals surface area contributed by atoms with Gasteiger partial charge >= 0.3 is 0 Å². The van der Waals surface area contributed by atoms with Gasteiger partial charge in [0.1, 0.15) is 11.5 Å². The molecule has 5 nitrogen and oxygen atoms in total. The fraction of sp³-hybridized carbons (Fsp3) is 0.278. The molecular formula is C18H21ClN2O3. The van der Waals surface area contributed by atoms with Crippen LogP contribution in [0.1, 0.15) is 10.4 Å². The Hall–Kier alpha value is -2.08. The molecule has 3 N–H and O–H groups in total. The Balaban J connectivity index is 0.00000208. The summed E-state index contributed by atoms with van der Waals surface area (Å²) in [6, 6.07) is 16.5. The molecule has 0 bridgehead atoms. The normalized spacial score (nSPS) is 19.4. The van der Waals surface area contributed by atoms with Gasteiger partial charge in [0.05, 0.1) is 6.10 Å². The number of β-amino-alcohol motifs (C(OH)–C–C–N with tert-alkyl or cyclic N) is 1. The molecule has 128 valence electrons. The first-order valence-electron chi connectivity index (χ1n) is 7.72. The van der Waals surface area contributed by atoms with Crippen molar-refractivity contribution in [1.82, 2.24) is 10.6 Å². The van der Waals surface area contributed by atoms with Gasteiger partial charge in [0, 0.05) is 31.1 Å². The molecule has 6 heteroatoms. The molecule has 3 rings (SSSR count). The van der Waals surface area contributed by atoms with Crippen LogP contribution in [0.15, 0.2) is 54.6 Å². The number of carbonyl (C=O) groups excluding carboxylic acids is 1. The van der Waals surface area contributed by atoms with E-state index in [4.69, 9.17) is 4.74 Å². The smallest absolute Gasteiger partial charge is 0.251 e.